The normalized spacial score (nSPS) is 23.1. The van der Waals surface area contributed by atoms with Gasteiger partial charge in [-0.3, -0.25) is 0 Å². The molecule has 4 atom stereocenters. The highest BCUT2D eigenvalue weighted by atomic mass is 79.9. The van der Waals surface area contributed by atoms with E-state index < -0.39 is 0 Å². The van der Waals surface area contributed by atoms with Crippen molar-refractivity contribution in [2.45, 2.75) is 36.5 Å². The molecule has 0 aromatic heterocycles. The first-order valence-electron chi connectivity index (χ1n) is 13.3. The summed E-state index contributed by atoms with van der Waals surface area (Å²) in [6.07, 6.45) is 2.22. The highest BCUT2D eigenvalue weighted by Gasteiger charge is 2.52. The summed E-state index contributed by atoms with van der Waals surface area (Å²) in [5.74, 6) is 3.68. The Morgan fingerprint density at radius 3 is 1.18 bits per heavy atom. The molecule has 0 unspecified atom stereocenters. The van der Waals surface area contributed by atoms with Gasteiger partial charge in [0.05, 0.1) is 14.2 Å². The Morgan fingerprint density at radius 1 is 0.500 bits per heavy atom. The SMILES string of the molecule is COc1c2c(c(OC)c3c1[C@H]1C[C@@H]3c3cc4cc(Br)ccc4cc31)[C@H]1C[C@@H]2c2cc3ccc(Br)cc3cc21. The zero-order valence-electron chi connectivity index (χ0n) is 21.1. The highest BCUT2D eigenvalue weighted by molar-refractivity contribution is 9.10. The Kier molecular flexibility index (Phi) is 4.31. The van der Waals surface area contributed by atoms with Crippen LogP contribution in [0.25, 0.3) is 21.5 Å². The molecule has 4 aliphatic rings. The monoisotopic (exact) mass is 622 g/mol. The van der Waals surface area contributed by atoms with Crippen LogP contribution in [0.1, 0.15) is 81.0 Å². The number of hydrogen-bond donors (Lipinski definition) is 0. The van der Waals surface area contributed by atoms with Crippen molar-refractivity contribution in [1.29, 1.82) is 0 Å². The van der Waals surface area contributed by atoms with E-state index in [1.807, 2.05) is 14.2 Å². The molecule has 4 aliphatic carbocycles. The van der Waals surface area contributed by atoms with Gasteiger partial charge >= 0.3 is 0 Å². The van der Waals surface area contributed by atoms with Crippen molar-refractivity contribution in [3.8, 4) is 11.5 Å². The van der Waals surface area contributed by atoms with E-state index in [2.05, 4.69) is 92.5 Å². The maximum Gasteiger partial charge on any atom is 0.127 e. The molecule has 4 bridgehead atoms. The fourth-order valence-electron chi connectivity index (χ4n) is 8.49. The third-order valence-electron chi connectivity index (χ3n) is 9.81. The second kappa shape index (κ2) is 7.43. The second-order valence-electron chi connectivity index (χ2n) is 11.3. The van der Waals surface area contributed by atoms with Gasteiger partial charge in [0, 0.05) is 54.9 Å². The van der Waals surface area contributed by atoms with Crippen LogP contribution in [0.3, 0.4) is 0 Å². The van der Waals surface area contributed by atoms with Crippen LogP contribution in [0.15, 0.2) is 69.6 Å². The molecule has 0 spiro atoms. The van der Waals surface area contributed by atoms with Crippen molar-refractivity contribution in [2.75, 3.05) is 14.2 Å². The van der Waals surface area contributed by atoms with E-state index in [1.54, 1.807) is 0 Å². The number of benzene rings is 5. The van der Waals surface area contributed by atoms with Gasteiger partial charge in [0.25, 0.3) is 0 Å². The van der Waals surface area contributed by atoms with Crippen LogP contribution < -0.4 is 9.47 Å². The molecule has 0 aliphatic heterocycles. The molecule has 0 fully saturated rings. The number of rotatable bonds is 2. The Morgan fingerprint density at radius 2 is 0.842 bits per heavy atom. The molecule has 5 aromatic rings. The van der Waals surface area contributed by atoms with Crippen molar-refractivity contribution in [3.05, 3.63) is 114 Å². The molecule has 0 saturated heterocycles. The maximum atomic E-state index is 6.38. The predicted octanol–water partition coefficient (Wildman–Crippen LogP) is 9.50. The van der Waals surface area contributed by atoms with E-state index in [1.165, 1.54) is 66.1 Å². The third-order valence-corrected chi connectivity index (χ3v) is 10.8. The topological polar surface area (TPSA) is 18.5 Å². The molecular formula is C34H24Br2O2. The quantitative estimate of drug-likeness (QED) is 0.195. The van der Waals surface area contributed by atoms with Crippen LogP contribution in [0, 0.1) is 0 Å². The van der Waals surface area contributed by atoms with Gasteiger partial charge in [0.15, 0.2) is 0 Å². The molecule has 0 N–H and O–H groups in total. The summed E-state index contributed by atoms with van der Waals surface area (Å²) in [5.41, 5.74) is 11.4. The number of fused-ring (bicyclic) bond motifs is 18. The molecular weight excluding hydrogens is 600 g/mol. The summed E-state index contributed by atoms with van der Waals surface area (Å²) in [6, 6.07) is 22.9. The second-order valence-corrected chi connectivity index (χ2v) is 13.2. The number of ether oxygens (including phenoxy) is 2. The minimum absolute atomic E-state index is 0.355. The van der Waals surface area contributed by atoms with Crippen LogP contribution in [-0.2, 0) is 0 Å². The van der Waals surface area contributed by atoms with Gasteiger partial charge in [0.1, 0.15) is 11.5 Å². The Balaban J connectivity index is 1.30. The first kappa shape index (κ1) is 22.0. The zero-order chi connectivity index (χ0) is 25.4. The summed E-state index contributed by atoms with van der Waals surface area (Å²) in [7, 11) is 3.75. The van der Waals surface area contributed by atoms with E-state index in [4.69, 9.17) is 9.47 Å². The lowest BCUT2D eigenvalue weighted by molar-refractivity contribution is 0.388. The average molecular weight is 624 g/mol. The molecule has 0 radical (unpaired) electrons. The number of hydrogen-bond acceptors (Lipinski definition) is 2. The molecule has 186 valence electrons. The summed E-state index contributed by atoms with van der Waals surface area (Å²) in [5, 5.41) is 5.20. The molecule has 38 heavy (non-hydrogen) atoms. The minimum atomic E-state index is 0.355. The van der Waals surface area contributed by atoms with Gasteiger partial charge in [-0.1, -0.05) is 68.3 Å². The molecule has 0 heterocycles. The lowest BCUT2D eigenvalue weighted by Gasteiger charge is -2.31. The third kappa shape index (κ3) is 2.59. The summed E-state index contributed by atoms with van der Waals surface area (Å²) >= 11 is 7.33. The molecule has 9 rings (SSSR count). The molecule has 5 aromatic carbocycles. The number of methoxy groups -OCH3 is 2. The van der Waals surface area contributed by atoms with E-state index in [-0.39, 0.29) is 0 Å². The summed E-state index contributed by atoms with van der Waals surface area (Å²) in [4.78, 5) is 0. The van der Waals surface area contributed by atoms with Gasteiger partial charge < -0.3 is 9.47 Å². The van der Waals surface area contributed by atoms with Crippen molar-refractivity contribution in [3.63, 3.8) is 0 Å². The van der Waals surface area contributed by atoms with Gasteiger partial charge in [-0.15, -0.1) is 0 Å². The van der Waals surface area contributed by atoms with E-state index >= 15 is 0 Å². The predicted molar refractivity (Wildman–Crippen MR) is 159 cm³/mol. The Bertz CT molecular complexity index is 1770. The smallest absolute Gasteiger partial charge is 0.127 e. The molecule has 0 amide bonds. The Hall–Kier alpha value is -2.82. The maximum absolute atomic E-state index is 6.38. The first-order valence-corrected chi connectivity index (χ1v) is 14.9. The van der Waals surface area contributed by atoms with Gasteiger partial charge in [-0.2, -0.15) is 0 Å². The van der Waals surface area contributed by atoms with Crippen LogP contribution >= 0.6 is 31.9 Å². The van der Waals surface area contributed by atoms with Crippen LogP contribution in [-0.4, -0.2) is 14.2 Å². The van der Waals surface area contributed by atoms with Crippen LogP contribution in [0.2, 0.25) is 0 Å². The minimum Gasteiger partial charge on any atom is -0.496 e. The highest BCUT2D eigenvalue weighted by Crippen LogP contribution is 2.69. The first-order chi connectivity index (χ1) is 18.6. The Labute approximate surface area is 238 Å². The van der Waals surface area contributed by atoms with E-state index in [0.717, 1.165) is 33.3 Å². The molecule has 0 saturated carbocycles. The fourth-order valence-corrected chi connectivity index (χ4v) is 9.25. The summed E-state index contributed by atoms with van der Waals surface area (Å²) < 4.78 is 15.0. The van der Waals surface area contributed by atoms with Gasteiger partial charge in [0.2, 0.25) is 0 Å². The van der Waals surface area contributed by atoms with Crippen LogP contribution in [0.4, 0.5) is 0 Å². The lowest BCUT2D eigenvalue weighted by Crippen LogP contribution is -2.14. The van der Waals surface area contributed by atoms with Crippen molar-refractivity contribution in [2.24, 2.45) is 0 Å². The zero-order valence-corrected chi connectivity index (χ0v) is 24.2. The van der Waals surface area contributed by atoms with Gasteiger partial charge in [-0.05, 0) is 80.9 Å². The molecule has 4 heteroatoms. The van der Waals surface area contributed by atoms with Crippen molar-refractivity contribution < 1.29 is 9.47 Å². The largest absolute Gasteiger partial charge is 0.496 e. The average Bonchev–Trinajstić information content (AvgIpc) is 3.68. The van der Waals surface area contributed by atoms with E-state index in [0.29, 0.717) is 23.7 Å². The standard InChI is InChI=1S/C34H24Br2O2/c1-37-33-29-25-13-27(23-11-17-7-19(35)5-3-15(17)9-21(23)25)31(29)34(38-2)32-28-14-26(30(32)33)22-10-16-4-6-20(36)8-18(16)12-24(22)28/h3-12,25-28H,13-14H2,1-2H3/t25-,26+,27+,28-. The molecule has 2 nitrogen and oxygen atoms in total. The van der Waals surface area contributed by atoms with Crippen molar-refractivity contribution >= 4 is 53.4 Å². The van der Waals surface area contributed by atoms with Gasteiger partial charge in [-0.25, -0.2) is 0 Å². The number of halogens is 2. The van der Waals surface area contributed by atoms with Crippen LogP contribution in [0.5, 0.6) is 11.5 Å². The lowest BCUT2D eigenvalue weighted by atomic mass is 9.76. The van der Waals surface area contributed by atoms with Crippen molar-refractivity contribution in [1.82, 2.24) is 0 Å². The van der Waals surface area contributed by atoms with E-state index in [9.17, 15) is 0 Å². The summed E-state index contributed by atoms with van der Waals surface area (Å²) in [6.45, 7) is 0. The fraction of sp³-hybridized carbons (Fsp3) is 0.235.